The SMILES string of the molecule is COc1ccc(N2C(=O)C(=Cc3cc(Cl)c(OC)c(Cl)c3)C(=O)NC2=S)cc1. The number of thiocarbonyl (C=S) groups is 1. The number of hydrogen-bond donors (Lipinski definition) is 1. The highest BCUT2D eigenvalue weighted by molar-refractivity contribution is 7.80. The fourth-order valence-corrected chi connectivity index (χ4v) is 3.59. The van der Waals surface area contributed by atoms with E-state index in [0.717, 1.165) is 0 Å². The number of carbonyl (C=O) groups excluding carboxylic acids is 2. The van der Waals surface area contributed by atoms with Crippen molar-refractivity contribution in [3.8, 4) is 11.5 Å². The molecule has 144 valence electrons. The first-order valence-corrected chi connectivity index (χ1v) is 9.10. The van der Waals surface area contributed by atoms with E-state index in [1.807, 2.05) is 0 Å². The molecule has 28 heavy (non-hydrogen) atoms. The zero-order valence-electron chi connectivity index (χ0n) is 14.8. The van der Waals surface area contributed by atoms with Crippen LogP contribution in [0.1, 0.15) is 5.56 Å². The standard InChI is InChI=1S/C19H14Cl2N2O4S/c1-26-12-5-3-11(4-6-12)23-18(25)13(17(24)22-19(23)28)7-10-8-14(20)16(27-2)15(21)9-10/h3-9H,1-2H3,(H,22,24,28). The fraction of sp³-hybridized carbons (Fsp3) is 0.105. The first-order valence-electron chi connectivity index (χ1n) is 7.94. The number of amides is 2. The molecule has 6 nitrogen and oxygen atoms in total. The monoisotopic (exact) mass is 436 g/mol. The Morgan fingerprint density at radius 1 is 1.04 bits per heavy atom. The Bertz CT molecular complexity index is 982. The number of halogens is 2. The van der Waals surface area contributed by atoms with E-state index in [1.165, 1.54) is 25.2 Å². The second kappa shape index (κ2) is 8.18. The molecule has 1 N–H and O–H groups in total. The zero-order chi connectivity index (χ0) is 20.4. The van der Waals surface area contributed by atoms with E-state index in [4.69, 9.17) is 44.9 Å². The molecule has 1 aliphatic heterocycles. The van der Waals surface area contributed by atoms with Gasteiger partial charge < -0.3 is 9.47 Å². The van der Waals surface area contributed by atoms with Gasteiger partial charge in [0.2, 0.25) is 0 Å². The number of nitrogens with one attached hydrogen (secondary N) is 1. The average Bonchev–Trinajstić information content (AvgIpc) is 2.65. The second-order valence-electron chi connectivity index (χ2n) is 5.67. The lowest BCUT2D eigenvalue weighted by molar-refractivity contribution is -0.122. The van der Waals surface area contributed by atoms with Gasteiger partial charge in [0.1, 0.15) is 11.3 Å². The topological polar surface area (TPSA) is 67.9 Å². The highest BCUT2D eigenvalue weighted by Gasteiger charge is 2.34. The van der Waals surface area contributed by atoms with Crippen molar-refractivity contribution in [1.29, 1.82) is 0 Å². The molecule has 1 fully saturated rings. The first-order chi connectivity index (χ1) is 13.3. The maximum atomic E-state index is 13.0. The van der Waals surface area contributed by atoms with Crippen molar-refractivity contribution >= 4 is 64.1 Å². The van der Waals surface area contributed by atoms with Gasteiger partial charge in [0.05, 0.1) is 30.0 Å². The molecule has 2 amide bonds. The van der Waals surface area contributed by atoms with E-state index in [2.05, 4.69) is 5.32 Å². The molecule has 1 saturated heterocycles. The number of methoxy groups -OCH3 is 2. The van der Waals surface area contributed by atoms with Crippen LogP contribution in [0.25, 0.3) is 6.08 Å². The van der Waals surface area contributed by atoms with Gasteiger partial charge >= 0.3 is 0 Å². The van der Waals surface area contributed by atoms with Crippen molar-refractivity contribution < 1.29 is 19.1 Å². The molecular weight excluding hydrogens is 423 g/mol. The molecule has 0 radical (unpaired) electrons. The van der Waals surface area contributed by atoms with E-state index < -0.39 is 11.8 Å². The molecule has 2 aromatic carbocycles. The molecule has 0 unspecified atom stereocenters. The van der Waals surface area contributed by atoms with E-state index in [9.17, 15) is 9.59 Å². The Kier molecular flexibility index (Phi) is 5.88. The summed E-state index contributed by atoms with van der Waals surface area (Å²) in [4.78, 5) is 26.6. The molecule has 9 heteroatoms. The van der Waals surface area contributed by atoms with Crippen LogP contribution in [0, 0.1) is 0 Å². The molecule has 0 atom stereocenters. The summed E-state index contributed by atoms with van der Waals surface area (Å²) in [6, 6.07) is 9.80. The van der Waals surface area contributed by atoms with E-state index in [1.54, 1.807) is 36.4 Å². The Morgan fingerprint density at radius 3 is 2.18 bits per heavy atom. The fourth-order valence-electron chi connectivity index (χ4n) is 2.65. The molecular formula is C19H14Cl2N2O4S. The number of ether oxygens (including phenoxy) is 2. The molecule has 0 aromatic heterocycles. The molecule has 1 heterocycles. The molecule has 0 bridgehead atoms. The minimum absolute atomic E-state index is 0.0110. The Balaban J connectivity index is 2.01. The summed E-state index contributed by atoms with van der Waals surface area (Å²) in [7, 11) is 2.98. The summed E-state index contributed by atoms with van der Waals surface area (Å²) in [5, 5.41) is 3.02. The smallest absolute Gasteiger partial charge is 0.270 e. The Hall–Kier alpha value is -2.61. The lowest BCUT2D eigenvalue weighted by atomic mass is 10.1. The summed E-state index contributed by atoms with van der Waals surface area (Å²) >= 11 is 17.4. The van der Waals surface area contributed by atoms with Crippen LogP contribution in [-0.2, 0) is 9.59 Å². The van der Waals surface area contributed by atoms with E-state index in [0.29, 0.717) is 22.7 Å². The van der Waals surface area contributed by atoms with E-state index in [-0.39, 0.29) is 20.7 Å². The number of rotatable bonds is 4. The Labute approximate surface area is 176 Å². The first kappa shape index (κ1) is 20.1. The van der Waals surface area contributed by atoms with Crippen LogP contribution in [-0.4, -0.2) is 31.1 Å². The van der Waals surface area contributed by atoms with Crippen molar-refractivity contribution in [3.05, 3.63) is 57.6 Å². The highest BCUT2D eigenvalue weighted by Crippen LogP contribution is 2.35. The summed E-state index contributed by atoms with van der Waals surface area (Å²) in [5.41, 5.74) is 0.853. The maximum absolute atomic E-state index is 13.0. The lowest BCUT2D eigenvalue weighted by Crippen LogP contribution is -2.54. The number of hydrogen-bond acceptors (Lipinski definition) is 5. The lowest BCUT2D eigenvalue weighted by Gasteiger charge is -2.29. The van der Waals surface area contributed by atoms with Crippen molar-refractivity contribution in [2.45, 2.75) is 0 Å². The summed E-state index contributed by atoms with van der Waals surface area (Å²) in [5.74, 6) is -0.239. The third-order valence-corrected chi connectivity index (χ3v) is 4.81. The van der Waals surface area contributed by atoms with Crippen LogP contribution in [0.2, 0.25) is 10.0 Å². The highest BCUT2D eigenvalue weighted by atomic mass is 35.5. The molecule has 2 aromatic rings. The van der Waals surface area contributed by atoms with Gasteiger partial charge in [-0.3, -0.25) is 19.8 Å². The van der Waals surface area contributed by atoms with Gasteiger partial charge in [0.15, 0.2) is 10.9 Å². The average molecular weight is 437 g/mol. The number of benzene rings is 2. The number of anilines is 1. The van der Waals surface area contributed by atoms with Crippen molar-refractivity contribution in [2.24, 2.45) is 0 Å². The van der Waals surface area contributed by atoms with Gasteiger partial charge in [0.25, 0.3) is 11.8 Å². The van der Waals surface area contributed by atoms with Crippen LogP contribution >= 0.6 is 35.4 Å². The molecule has 0 spiro atoms. The summed E-state index contributed by atoms with van der Waals surface area (Å²) < 4.78 is 10.2. The molecule has 0 saturated carbocycles. The second-order valence-corrected chi connectivity index (χ2v) is 6.87. The van der Waals surface area contributed by atoms with Gasteiger partial charge in [-0.25, -0.2) is 0 Å². The maximum Gasteiger partial charge on any atom is 0.270 e. The van der Waals surface area contributed by atoms with Crippen molar-refractivity contribution in [2.75, 3.05) is 19.1 Å². The van der Waals surface area contributed by atoms with Crippen LogP contribution in [0.4, 0.5) is 5.69 Å². The van der Waals surface area contributed by atoms with Gasteiger partial charge in [-0.2, -0.15) is 0 Å². The number of nitrogens with zero attached hydrogens (tertiary/aromatic N) is 1. The van der Waals surface area contributed by atoms with Gasteiger partial charge in [-0.15, -0.1) is 0 Å². The number of carbonyl (C=O) groups is 2. The van der Waals surface area contributed by atoms with Gasteiger partial charge in [-0.1, -0.05) is 23.2 Å². The minimum Gasteiger partial charge on any atom is -0.497 e. The summed E-state index contributed by atoms with van der Waals surface area (Å²) in [6.45, 7) is 0. The predicted molar refractivity (Wildman–Crippen MR) is 112 cm³/mol. The van der Waals surface area contributed by atoms with Gasteiger partial charge in [0, 0.05) is 0 Å². The van der Waals surface area contributed by atoms with Crippen molar-refractivity contribution in [1.82, 2.24) is 5.32 Å². The molecule has 3 rings (SSSR count). The quantitative estimate of drug-likeness (QED) is 0.447. The van der Waals surface area contributed by atoms with Gasteiger partial charge in [-0.05, 0) is 60.3 Å². The van der Waals surface area contributed by atoms with E-state index >= 15 is 0 Å². The molecule has 1 aliphatic rings. The molecule has 0 aliphatic carbocycles. The third-order valence-electron chi connectivity index (χ3n) is 3.97. The Morgan fingerprint density at radius 2 is 1.64 bits per heavy atom. The minimum atomic E-state index is -0.608. The predicted octanol–water partition coefficient (Wildman–Crippen LogP) is 3.84. The largest absolute Gasteiger partial charge is 0.497 e. The van der Waals surface area contributed by atoms with Crippen LogP contribution in [0.15, 0.2) is 42.0 Å². The van der Waals surface area contributed by atoms with Crippen LogP contribution in [0.5, 0.6) is 11.5 Å². The normalized spacial score (nSPS) is 15.6. The van der Waals surface area contributed by atoms with Crippen LogP contribution < -0.4 is 19.7 Å². The third kappa shape index (κ3) is 3.82. The summed E-state index contributed by atoms with van der Waals surface area (Å²) in [6.07, 6.45) is 1.40. The van der Waals surface area contributed by atoms with Crippen molar-refractivity contribution in [3.63, 3.8) is 0 Å². The van der Waals surface area contributed by atoms with Crippen LogP contribution in [0.3, 0.4) is 0 Å². The zero-order valence-corrected chi connectivity index (χ0v) is 17.1.